The van der Waals surface area contributed by atoms with E-state index < -0.39 is 0 Å². The molecule has 0 radical (unpaired) electrons. The predicted octanol–water partition coefficient (Wildman–Crippen LogP) is 2.56. The Kier molecular flexibility index (Phi) is 3.55. The molecule has 2 aromatic carbocycles. The third kappa shape index (κ3) is 2.22. The molecule has 2 aromatic rings. The normalized spacial score (nSPS) is 20.8. The van der Waals surface area contributed by atoms with Crippen molar-refractivity contribution in [3.8, 4) is 0 Å². The van der Waals surface area contributed by atoms with Crippen molar-refractivity contribution < 1.29 is 9.59 Å². The van der Waals surface area contributed by atoms with Crippen LogP contribution < -0.4 is 10.4 Å². The highest BCUT2D eigenvalue weighted by Gasteiger charge is 2.38. The first-order valence-corrected chi connectivity index (χ1v) is 8.78. The molecule has 0 atom stereocenters. The van der Waals surface area contributed by atoms with Crippen LogP contribution in [0.15, 0.2) is 65.9 Å². The molecule has 0 saturated heterocycles. The monoisotopic (exact) mass is 341 g/mol. The number of hydrogen-bond acceptors (Lipinski definition) is 3. The van der Waals surface area contributed by atoms with Crippen molar-refractivity contribution >= 4 is 30.6 Å². The first-order valence-electron chi connectivity index (χ1n) is 8.78. The van der Waals surface area contributed by atoms with Crippen molar-refractivity contribution in [1.29, 1.82) is 0 Å². The Labute approximate surface area is 154 Å². The fraction of sp³-hybridized carbons (Fsp3) is 0.182. The summed E-state index contributed by atoms with van der Waals surface area (Å²) in [5.41, 5.74) is 5.54. The quantitative estimate of drug-likeness (QED) is 0.455. The average Bonchev–Trinajstić information content (AvgIpc) is 2.96. The van der Waals surface area contributed by atoms with Crippen LogP contribution in [0.2, 0.25) is 0 Å². The molecule has 1 heterocycles. The van der Waals surface area contributed by atoms with Crippen molar-refractivity contribution in [3.63, 3.8) is 0 Å². The summed E-state index contributed by atoms with van der Waals surface area (Å²) in [4.78, 5) is 27.5. The minimum absolute atomic E-state index is 0.179. The van der Waals surface area contributed by atoms with E-state index in [4.69, 9.17) is 0 Å². The molecule has 4 rings (SSSR count). The molecule has 0 N–H and O–H groups in total. The zero-order chi connectivity index (χ0) is 18.6. The second-order valence-corrected chi connectivity index (χ2v) is 7.54. The molecule has 1 aliphatic heterocycles. The van der Waals surface area contributed by atoms with E-state index in [0.717, 1.165) is 16.8 Å². The number of nitrogens with zero attached hydrogens (tertiary/aromatic N) is 1. The van der Waals surface area contributed by atoms with Crippen molar-refractivity contribution in [1.82, 2.24) is 0 Å². The molecule has 1 aliphatic carbocycles. The van der Waals surface area contributed by atoms with Gasteiger partial charge in [0.25, 0.3) is 0 Å². The van der Waals surface area contributed by atoms with Crippen LogP contribution in [0.5, 0.6) is 0 Å². The van der Waals surface area contributed by atoms with Crippen molar-refractivity contribution in [2.75, 3.05) is 11.9 Å². The molecule has 0 saturated carbocycles. The molecule has 0 amide bonds. The summed E-state index contributed by atoms with van der Waals surface area (Å²) in [6.07, 6.45) is 3.61. The van der Waals surface area contributed by atoms with Crippen LogP contribution >= 0.6 is 0 Å². The lowest BCUT2D eigenvalue weighted by Crippen LogP contribution is -2.22. The van der Waals surface area contributed by atoms with Gasteiger partial charge in [-0.25, -0.2) is 0 Å². The van der Waals surface area contributed by atoms with Crippen LogP contribution in [-0.2, 0) is 5.41 Å². The average molecular weight is 341 g/mol. The highest BCUT2D eigenvalue weighted by molar-refractivity contribution is 6.41. The predicted molar refractivity (Wildman–Crippen MR) is 107 cm³/mol. The number of carbonyl (C=O) groups excluding carboxylic acids is 2. The molecule has 0 bridgehead atoms. The Morgan fingerprint density at radius 1 is 0.962 bits per heavy atom. The number of benzene rings is 2. The molecule has 0 spiro atoms. The molecule has 26 heavy (non-hydrogen) atoms. The van der Waals surface area contributed by atoms with Gasteiger partial charge in [0.05, 0.1) is 5.57 Å². The summed E-state index contributed by atoms with van der Waals surface area (Å²) in [6.45, 7) is 4.33. The first kappa shape index (κ1) is 16.6. The molecule has 3 nitrogen and oxygen atoms in total. The number of fused-ring (bicyclic) bond motifs is 2. The largest absolute Gasteiger partial charge is 0.347 e. The number of hydrogen-bond donors (Lipinski definition) is 0. The lowest BCUT2D eigenvalue weighted by Gasteiger charge is -2.23. The molecule has 2 aliphatic rings. The molecule has 4 heteroatoms. The van der Waals surface area contributed by atoms with Crippen molar-refractivity contribution in [2.45, 2.75) is 19.3 Å². The van der Waals surface area contributed by atoms with Gasteiger partial charge in [-0.05, 0) is 23.8 Å². The lowest BCUT2D eigenvalue weighted by molar-refractivity contribution is 0.0989. The SMILES string of the molecule is Bc1ccc2c(c1)C(=O)/C(=C/C=C1/N(C)c3ccccc3C1(C)C)C2=O. The summed E-state index contributed by atoms with van der Waals surface area (Å²) in [5, 5.41) is 0. The van der Waals surface area contributed by atoms with Gasteiger partial charge in [-0.2, -0.15) is 0 Å². The molecule has 0 fully saturated rings. The van der Waals surface area contributed by atoms with Crippen molar-refractivity contribution in [2.24, 2.45) is 0 Å². The van der Waals surface area contributed by atoms with Crippen LogP contribution in [0.3, 0.4) is 0 Å². The number of Topliss-reactive ketones (excluding diaryl/α,β-unsaturated/α-hetero) is 2. The van der Waals surface area contributed by atoms with E-state index in [1.54, 1.807) is 18.2 Å². The maximum atomic E-state index is 12.7. The summed E-state index contributed by atoms with van der Waals surface area (Å²) in [7, 11) is 3.95. The second-order valence-electron chi connectivity index (χ2n) is 7.54. The number of anilines is 1. The third-order valence-electron chi connectivity index (χ3n) is 5.50. The van der Waals surface area contributed by atoms with E-state index in [1.165, 1.54) is 5.56 Å². The summed E-state index contributed by atoms with van der Waals surface area (Å²) in [5.74, 6) is -0.362. The maximum Gasteiger partial charge on any atom is 0.197 e. The van der Waals surface area contributed by atoms with E-state index in [0.29, 0.717) is 11.1 Å². The lowest BCUT2D eigenvalue weighted by atomic mass is 9.83. The number of ketones is 2. The van der Waals surface area contributed by atoms with Crippen LogP contribution in [0.25, 0.3) is 0 Å². The Morgan fingerprint density at radius 2 is 1.65 bits per heavy atom. The standard InChI is InChI=1S/C22H20BNO2/c1-22(2)17-6-4-5-7-18(17)24(3)19(22)11-10-15-20(25)14-9-8-13(23)12-16(14)21(15)26/h4-12H,23H2,1-3H3/b15-10+,19-11+. The van der Waals surface area contributed by atoms with Gasteiger partial charge in [0, 0.05) is 35.0 Å². The van der Waals surface area contributed by atoms with Crippen LogP contribution in [0.4, 0.5) is 5.69 Å². The van der Waals surface area contributed by atoms with Gasteiger partial charge in [0.2, 0.25) is 0 Å². The Balaban J connectivity index is 1.77. The number of carbonyl (C=O) groups is 2. The Hall–Kier alpha value is -2.88. The number of para-hydroxylation sites is 1. The van der Waals surface area contributed by atoms with Crippen LogP contribution in [-0.4, -0.2) is 26.5 Å². The van der Waals surface area contributed by atoms with Gasteiger partial charge in [-0.3, -0.25) is 9.59 Å². The summed E-state index contributed by atoms with van der Waals surface area (Å²) >= 11 is 0. The van der Waals surface area contributed by atoms with Crippen molar-refractivity contribution in [3.05, 3.63) is 82.6 Å². The zero-order valence-corrected chi connectivity index (χ0v) is 15.5. The molecule has 128 valence electrons. The highest BCUT2D eigenvalue weighted by atomic mass is 16.2. The minimum Gasteiger partial charge on any atom is -0.347 e. The number of rotatable bonds is 1. The Bertz CT molecular complexity index is 1030. The molecular formula is C22H20BNO2. The molecule has 0 unspecified atom stereocenters. The minimum atomic E-state index is -0.184. The summed E-state index contributed by atoms with van der Waals surface area (Å²) < 4.78 is 0. The van der Waals surface area contributed by atoms with Crippen LogP contribution in [0.1, 0.15) is 40.1 Å². The fourth-order valence-corrected chi connectivity index (χ4v) is 4.05. The van der Waals surface area contributed by atoms with E-state index in [1.807, 2.05) is 39.2 Å². The topological polar surface area (TPSA) is 37.4 Å². The Morgan fingerprint density at radius 3 is 2.38 bits per heavy atom. The van der Waals surface area contributed by atoms with E-state index in [9.17, 15) is 9.59 Å². The third-order valence-corrected chi connectivity index (χ3v) is 5.50. The number of allylic oxidation sites excluding steroid dienone is 4. The first-order chi connectivity index (χ1) is 12.3. The zero-order valence-electron chi connectivity index (χ0n) is 15.5. The number of likely N-dealkylation sites (N-methyl/N-ethyl adjacent to an activating group) is 1. The smallest absolute Gasteiger partial charge is 0.197 e. The van der Waals surface area contributed by atoms with E-state index in [2.05, 4.69) is 30.9 Å². The van der Waals surface area contributed by atoms with E-state index >= 15 is 0 Å². The van der Waals surface area contributed by atoms with Gasteiger partial charge >= 0.3 is 0 Å². The molecule has 0 aromatic heterocycles. The second kappa shape index (κ2) is 5.56. The summed E-state index contributed by atoms with van der Waals surface area (Å²) in [6, 6.07) is 13.7. The van der Waals surface area contributed by atoms with Gasteiger partial charge in [0.15, 0.2) is 11.6 Å². The fourth-order valence-electron chi connectivity index (χ4n) is 4.05. The van der Waals surface area contributed by atoms with Gasteiger partial charge in [-0.15, -0.1) is 0 Å². The van der Waals surface area contributed by atoms with Gasteiger partial charge in [0.1, 0.15) is 7.85 Å². The molecular weight excluding hydrogens is 321 g/mol. The van der Waals surface area contributed by atoms with Crippen LogP contribution in [0, 0.1) is 0 Å². The van der Waals surface area contributed by atoms with E-state index in [-0.39, 0.29) is 22.6 Å². The van der Waals surface area contributed by atoms with Gasteiger partial charge in [-0.1, -0.05) is 55.7 Å². The highest BCUT2D eigenvalue weighted by Crippen LogP contribution is 2.46. The maximum absolute atomic E-state index is 12.7. The van der Waals surface area contributed by atoms with Gasteiger partial charge < -0.3 is 4.90 Å².